The molecule has 1 saturated carbocycles. The Morgan fingerprint density at radius 1 is 1.14 bits per heavy atom. The number of hydrogen-bond acceptors (Lipinski definition) is 3. The average Bonchev–Trinajstić information content (AvgIpc) is 2.32. The lowest BCUT2D eigenvalue weighted by atomic mass is 9.91. The van der Waals surface area contributed by atoms with Crippen LogP contribution in [0.1, 0.15) is 59.3 Å². The third-order valence-electron chi connectivity index (χ3n) is 4.21. The molecule has 5 heteroatoms. The number of ether oxygens (including phenoxy) is 1. The van der Waals surface area contributed by atoms with Crippen LogP contribution in [0.25, 0.3) is 0 Å². The van der Waals surface area contributed by atoms with Gasteiger partial charge in [0.1, 0.15) is 5.60 Å². The number of carbonyl (C=O) groups is 2. The molecule has 1 aliphatic heterocycles. The molecule has 0 atom stereocenters. The first-order valence-corrected chi connectivity index (χ1v) is 8.11. The third-order valence-corrected chi connectivity index (χ3v) is 4.21. The fraction of sp³-hybridized carbons (Fsp3) is 0.875. The molecule has 0 bridgehead atoms. The van der Waals surface area contributed by atoms with Gasteiger partial charge in [-0.05, 0) is 58.8 Å². The Kier molecular flexibility index (Phi) is 5.12. The van der Waals surface area contributed by atoms with Gasteiger partial charge in [0.2, 0.25) is 5.91 Å². The highest BCUT2D eigenvalue weighted by molar-refractivity contribution is 5.76. The first kappa shape index (κ1) is 16.1. The van der Waals surface area contributed by atoms with Gasteiger partial charge in [-0.2, -0.15) is 0 Å². The summed E-state index contributed by atoms with van der Waals surface area (Å²) in [4.78, 5) is 25.6. The van der Waals surface area contributed by atoms with Crippen molar-refractivity contribution in [1.29, 1.82) is 0 Å². The maximum absolute atomic E-state index is 12.0. The average molecular weight is 296 g/mol. The van der Waals surface area contributed by atoms with E-state index in [2.05, 4.69) is 5.32 Å². The molecular formula is C16H28N2O3. The molecule has 1 N–H and O–H groups in total. The predicted molar refractivity (Wildman–Crippen MR) is 80.9 cm³/mol. The fourth-order valence-electron chi connectivity index (χ4n) is 2.75. The van der Waals surface area contributed by atoms with Crippen molar-refractivity contribution in [2.75, 3.05) is 13.1 Å². The summed E-state index contributed by atoms with van der Waals surface area (Å²) in [7, 11) is 0. The van der Waals surface area contributed by atoms with Gasteiger partial charge in [0, 0.05) is 25.6 Å². The van der Waals surface area contributed by atoms with E-state index in [1.165, 1.54) is 6.42 Å². The van der Waals surface area contributed by atoms with Crippen LogP contribution in [0.3, 0.4) is 0 Å². The number of nitrogens with one attached hydrogen (secondary N) is 1. The zero-order valence-corrected chi connectivity index (χ0v) is 13.5. The lowest BCUT2D eigenvalue weighted by Crippen LogP contribution is -2.43. The molecule has 0 aromatic heterocycles. The van der Waals surface area contributed by atoms with Crippen molar-refractivity contribution < 1.29 is 14.3 Å². The molecule has 120 valence electrons. The molecular weight excluding hydrogens is 268 g/mol. The molecule has 0 spiro atoms. The number of likely N-dealkylation sites (tertiary alicyclic amines) is 1. The van der Waals surface area contributed by atoms with E-state index in [1.54, 1.807) is 4.90 Å². The van der Waals surface area contributed by atoms with Crippen molar-refractivity contribution in [2.24, 2.45) is 5.92 Å². The molecule has 2 fully saturated rings. The Balaban J connectivity index is 1.67. The molecule has 1 saturated heterocycles. The normalized spacial score (nSPS) is 20.8. The molecule has 2 amide bonds. The topological polar surface area (TPSA) is 58.6 Å². The van der Waals surface area contributed by atoms with Crippen molar-refractivity contribution >= 4 is 12.0 Å². The highest BCUT2D eigenvalue weighted by atomic mass is 16.6. The molecule has 0 radical (unpaired) electrons. The molecule has 0 aromatic rings. The first-order chi connectivity index (χ1) is 9.83. The van der Waals surface area contributed by atoms with Crippen molar-refractivity contribution in [1.82, 2.24) is 10.2 Å². The van der Waals surface area contributed by atoms with Crippen molar-refractivity contribution in [3.8, 4) is 0 Å². The van der Waals surface area contributed by atoms with Crippen molar-refractivity contribution in [3.05, 3.63) is 0 Å². The minimum Gasteiger partial charge on any atom is -0.444 e. The van der Waals surface area contributed by atoms with Gasteiger partial charge in [0.05, 0.1) is 0 Å². The van der Waals surface area contributed by atoms with Gasteiger partial charge in [-0.1, -0.05) is 0 Å². The molecule has 1 aliphatic carbocycles. The van der Waals surface area contributed by atoms with Gasteiger partial charge >= 0.3 is 6.09 Å². The largest absolute Gasteiger partial charge is 0.444 e. The SMILES string of the molecule is CC(C)(C)OC(=O)N1CCC(CC(=O)NC2CCC2)CC1. The van der Waals surface area contributed by atoms with Crippen LogP contribution >= 0.6 is 0 Å². The summed E-state index contributed by atoms with van der Waals surface area (Å²) in [6, 6.07) is 0.416. The summed E-state index contributed by atoms with van der Waals surface area (Å²) in [5.41, 5.74) is -0.448. The Morgan fingerprint density at radius 3 is 2.24 bits per heavy atom. The van der Waals surface area contributed by atoms with E-state index >= 15 is 0 Å². The van der Waals surface area contributed by atoms with Crippen LogP contribution in [-0.4, -0.2) is 41.6 Å². The molecule has 2 rings (SSSR count). The van der Waals surface area contributed by atoms with Crippen molar-refractivity contribution in [2.45, 2.75) is 70.9 Å². The number of amides is 2. The zero-order valence-electron chi connectivity index (χ0n) is 13.5. The highest BCUT2D eigenvalue weighted by Crippen LogP contribution is 2.23. The summed E-state index contributed by atoms with van der Waals surface area (Å²) >= 11 is 0. The Bertz CT molecular complexity index is 377. The minimum atomic E-state index is -0.448. The molecule has 5 nitrogen and oxygen atoms in total. The summed E-state index contributed by atoms with van der Waals surface area (Å²) < 4.78 is 5.38. The predicted octanol–water partition coefficient (Wildman–Crippen LogP) is 2.69. The van der Waals surface area contributed by atoms with Crippen LogP contribution in [-0.2, 0) is 9.53 Å². The van der Waals surface area contributed by atoms with Gasteiger partial charge in [0.25, 0.3) is 0 Å². The molecule has 0 aromatic carbocycles. The standard InChI is InChI=1S/C16H28N2O3/c1-16(2,3)21-15(20)18-9-7-12(8-10-18)11-14(19)17-13-5-4-6-13/h12-13H,4-11H2,1-3H3,(H,17,19). The minimum absolute atomic E-state index is 0.176. The van der Waals surface area contributed by atoms with Crippen LogP contribution in [0.4, 0.5) is 4.79 Å². The van der Waals surface area contributed by atoms with Crippen LogP contribution in [0.5, 0.6) is 0 Å². The lowest BCUT2D eigenvalue weighted by molar-refractivity contribution is -0.123. The summed E-state index contributed by atoms with van der Waals surface area (Å²) in [6.45, 7) is 7.01. The van der Waals surface area contributed by atoms with Gasteiger partial charge in [-0.25, -0.2) is 4.79 Å². The second-order valence-electron chi connectivity index (χ2n) is 7.31. The molecule has 2 aliphatic rings. The van der Waals surface area contributed by atoms with E-state index in [4.69, 9.17) is 4.74 Å². The van der Waals surface area contributed by atoms with Crippen LogP contribution in [0, 0.1) is 5.92 Å². The lowest BCUT2D eigenvalue weighted by Gasteiger charge is -2.33. The van der Waals surface area contributed by atoms with E-state index in [0.717, 1.165) is 25.7 Å². The number of carbonyl (C=O) groups excluding carboxylic acids is 2. The van der Waals surface area contributed by atoms with E-state index in [9.17, 15) is 9.59 Å². The van der Waals surface area contributed by atoms with Gasteiger partial charge in [-0.15, -0.1) is 0 Å². The van der Waals surface area contributed by atoms with E-state index in [-0.39, 0.29) is 12.0 Å². The monoisotopic (exact) mass is 296 g/mol. The van der Waals surface area contributed by atoms with E-state index < -0.39 is 5.60 Å². The number of piperidine rings is 1. The second kappa shape index (κ2) is 6.67. The summed E-state index contributed by atoms with van der Waals surface area (Å²) in [6.07, 6.45) is 5.62. The fourth-order valence-corrected chi connectivity index (χ4v) is 2.75. The van der Waals surface area contributed by atoms with Crippen LogP contribution in [0.2, 0.25) is 0 Å². The first-order valence-electron chi connectivity index (χ1n) is 8.11. The Morgan fingerprint density at radius 2 is 1.76 bits per heavy atom. The van der Waals surface area contributed by atoms with Crippen LogP contribution in [0.15, 0.2) is 0 Å². The molecule has 0 unspecified atom stereocenters. The Hall–Kier alpha value is -1.26. The Labute approximate surface area is 127 Å². The van der Waals surface area contributed by atoms with Crippen LogP contribution < -0.4 is 5.32 Å². The third kappa shape index (κ3) is 5.21. The zero-order chi connectivity index (χ0) is 15.5. The maximum Gasteiger partial charge on any atom is 0.410 e. The summed E-state index contributed by atoms with van der Waals surface area (Å²) in [5, 5.41) is 3.08. The molecule has 21 heavy (non-hydrogen) atoms. The quantitative estimate of drug-likeness (QED) is 0.871. The highest BCUT2D eigenvalue weighted by Gasteiger charge is 2.28. The molecule has 1 heterocycles. The van der Waals surface area contributed by atoms with Gasteiger partial charge < -0.3 is 15.0 Å². The smallest absolute Gasteiger partial charge is 0.410 e. The van der Waals surface area contributed by atoms with E-state index in [0.29, 0.717) is 31.5 Å². The van der Waals surface area contributed by atoms with E-state index in [1.807, 2.05) is 20.8 Å². The number of rotatable bonds is 3. The van der Waals surface area contributed by atoms with Gasteiger partial charge in [0.15, 0.2) is 0 Å². The van der Waals surface area contributed by atoms with Crippen molar-refractivity contribution in [3.63, 3.8) is 0 Å². The van der Waals surface area contributed by atoms with Gasteiger partial charge in [-0.3, -0.25) is 4.79 Å². The number of nitrogens with zero attached hydrogens (tertiary/aromatic N) is 1. The maximum atomic E-state index is 12.0. The second-order valence-corrected chi connectivity index (χ2v) is 7.31. The summed E-state index contributed by atoms with van der Waals surface area (Å²) in [5.74, 6) is 0.569. The number of hydrogen-bond donors (Lipinski definition) is 1.